The maximum absolute atomic E-state index is 5.87. The molecule has 0 radical (unpaired) electrons. The summed E-state index contributed by atoms with van der Waals surface area (Å²) in [7, 11) is 5.45. The highest BCUT2D eigenvalue weighted by molar-refractivity contribution is 5.93. The Labute approximate surface area is 93.9 Å². The van der Waals surface area contributed by atoms with E-state index >= 15 is 0 Å². The Balaban J connectivity index is 2.74. The van der Waals surface area contributed by atoms with Crippen LogP contribution in [-0.2, 0) is 0 Å². The summed E-state index contributed by atoms with van der Waals surface area (Å²) in [6, 6.07) is 3.66. The first-order chi connectivity index (χ1) is 7.63. The molecule has 0 amide bonds. The largest absolute Gasteiger partial charge is 0.495 e. The minimum Gasteiger partial charge on any atom is -0.495 e. The molecule has 0 unspecified atom stereocenters. The third-order valence-corrected chi connectivity index (χ3v) is 2.39. The molecule has 0 saturated heterocycles. The van der Waals surface area contributed by atoms with Crippen LogP contribution in [0.1, 0.15) is 0 Å². The van der Waals surface area contributed by atoms with Gasteiger partial charge >= 0.3 is 0 Å². The van der Waals surface area contributed by atoms with Crippen molar-refractivity contribution in [2.45, 2.75) is 0 Å². The Morgan fingerprint density at radius 1 is 1.25 bits per heavy atom. The van der Waals surface area contributed by atoms with Gasteiger partial charge in [-0.05, 0) is 6.07 Å². The van der Waals surface area contributed by atoms with Crippen molar-refractivity contribution in [1.29, 1.82) is 0 Å². The van der Waals surface area contributed by atoms with Gasteiger partial charge in [0.2, 0.25) is 0 Å². The second-order valence-electron chi connectivity index (χ2n) is 3.70. The van der Waals surface area contributed by atoms with Crippen molar-refractivity contribution in [2.24, 2.45) is 0 Å². The maximum atomic E-state index is 5.87. The zero-order valence-electron chi connectivity index (χ0n) is 9.56. The smallest absolute Gasteiger partial charge is 0.143 e. The predicted molar refractivity (Wildman–Crippen MR) is 64.8 cm³/mol. The number of nitrogens with two attached hydrogens (primary N) is 1. The van der Waals surface area contributed by atoms with Crippen molar-refractivity contribution in [1.82, 2.24) is 9.97 Å². The molecule has 1 heterocycles. The van der Waals surface area contributed by atoms with Gasteiger partial charge in [0.1, 0.15) is 17.9 Å². The van der Waals surface area contributed by atoms with E-state index in [2.05, 4.69) is 9.97 Å². The van der Waals surface area contributed by atoms with Gasteiger partial charge in [-0.3, -0.25) is 0 Å². The molecule has 0 saturated carbocycles. The van der Waals surface area contributed by atoms with E-state index in [1.54, 1.807) is 7.11 Å². The van der Waals surface area contributed by atoms with E-state index in [1.807, 2.05) is 31.1 Å². The van der Waals surface area contributed by atoms with Gasteiger partial charge < -0.3 is 15.4 Å². The fourth-order valence-corrected chi connectivity index (χ4v) is 1.62. The number of anilines is 2. The minimum atomic E-state index is 0.591. The van der Waals surface area contributed by atoms with Gasteiger partial charge in [0.25, 0.3) is 0 Å². The summed E-state index contributed by atoms with van der Waals surface area (Å²) in [6.45, 7) is 0. The molecule has 0 atom stereocenters. The fraction of sp³-hybridized carbons (Fsp3) is 0.273. The van der Waals surface area contributed by atoms with Crippen molar-refractivity contribution in [3.63, 3.8) is 0 Å². The topological polar surface area (TPSA) is 64.3 Å². The number of benzene rings is 1. The standard InChI is InChI=1S/C11H14N4O/c1-15(2)11-7-4-8(12)10(16-3)5-9(7)13-6-14-11/h4-6H,12H2,1-3H3. The van der Waals surface area contributed by atoms with Gasteiger partial charge in [0.05, 0.1) is 18.3 Å². The van der Waals surface area contributed by atoms with Gasteiger partial charge in [0, 0.05) is 25.5 Å². The average Bonchev–Trinajstić information content (AvgIpc) is 2.27. The minimum absolute atomic E-state index is 0.591. The van der Waals surface area contributed by atoms with Gasteiger partial charge in [-0.15, -0.1) is 0 Å². The maximum Gasteiger partial charge on any atom is 0.143 e. The number of nitrogens with zero attached hydrogens (tertiary/aromatic N) is 3. The highest BCUT2D eigenvalue weighted by atomic mass is 16.5. The Morgan fingerprint density at radius 2 is 2.00 bits per heavy atom. The van der Waals surface area contributed by atoms with Crippen LogP contribution < -0.4 is 15.4 Å². The van der Waals surface area contributed by atoms with Crippen molar-refractivity contribution in [2.75, 3.05) is 31.8 Å². The van der Waals surface area contributed by atoms with Crippen LogP contribution in [0.15, 0.2) is 18.5 Å². The van der Waals surface area contributed by atoms with Crippen molar-refractivity contribution in [3.05, 3.63) is 18.5 Å². The molecule has 1 aromatic heterocycles. The molecule has 5 heteroatoms. The molecule has 0 aliphatic carbocycles. The van der Waals surface area contributed by atoms with Crippen molar-refractivity contribution in [3.8, 4) is 5.75 Å². The first-order valence-electron chi connectivity index (χ1n) is 4.89. The van der Waals surface area contributed by atoms with Crippen LogP contribution >= 0.6 is 0 Å². The molecule has 2 rings (SSSR count). The molecular weight excluding hydrogens is 204 g/mol. The summed E-state index contributed by atoms with van der Waals surface area (Å²) in [5, 5.41) is 0.922. The molecule has 2 N–H and O–H groups in total. The summed E-state index contributed by atoms with van der Waals surface area (Å²) < 4.78 is 5.15. The number of ether oxygens (including phenoxy) is 1. The average molecular weight is 218 g/mol. The van der Waals surface area contributed by atoms with E-state index in [4.69, 9.17) is 10.5 Å². The molecule has 2 aromatic rings. The first-order valence-corrected chi connectivity index (χ1v) is 4.89. The number of nitrogen functional groups attached to an aromatic ring is 1. The van der Waals surface area contributed by atoms with Gasteiger partial charge in [-0.2, -0.15) is 0 Å². The molecule has 84 valence electrons. The Morgan fingerprint density at radius 3 is 2.62 bits per heavy atom. The lowest BCUT2D eigenvalue weighted by atomic mass is 10.2. The van der Waals surface area contributed by atoms with Gasteiger partial charge in [0.15, 0.2) is 0 Å². The van der Waals surface area contributed by atoms with Gasteiger partial charge in [-0.1, -0.05) is 0 Å². The number of hydrogen-bond donors (Lipinski definition) is 1. The van der Waals surface area contributed by atoms with E-state index in [0.29, 0.717) is 11.4 Å². The second-order valence-corrected chi connectivity index (χ2v) is 3.70. The van der Waals surface area contributed by atoms with Crippen LogP contribution in [0.25, 0.3) is 10.9 Å². The summed E-state index contributed by atoms with van der Waals surface area (Å²) in [5.74, 6) is 1.48. The summed E-state index contributed by atoms with van der Waals surface area (Å²) in [6.07, 6.45) is 1.54. The Bertz CT molecular complexity index is 525. The van der Waals surface area contributed by atoms with Crippen LogP contribution in [-0.4, -0.2) is 31.2 Å². The molecule has 16 heavy (non-hydrogen) atoms. The van der Waals surface area contributed by atoms with Crippen LogP contribution in [0.4, 0.5) is 11.5 Å². The molecule has 5 nitrogen and oxygen atoms in total. The third kappa shape index (κ3) is 1.60. The number of rotatable bonds is 2. The quantitative estimate of drug-likeness (QED) is 0.769. The number of aromatic nitrogens is 2. The van der Waals surface area contributed by atoms with Crippen LogP contribution in [0.5, 0.6) is 5.75 Å². The Hall–Kier alpha value is -2.04. The van der Waals surface area contributed by atoms with E-state index in [1.165, 1.54) is 6.33 Å². The highest BCUT2D eigenvalue weighted by Gasteiger charge is 2.09. The zero-order valence-corrected chi connectivity index (χ0v) is 9.56. The van der Waals surface area contributed by atoms with Crippen molar-refractivity contribution < 1.29 is 4.74 Å². The van der Waals surface area contributed by atoms with E-state index < -0.39 is 0 Å². The van der Waals surface area contributed by atoms with Crippen LogP contribution in [0, 0.1) is 0 Å². The van der Waals surface area contributed by atoms with E-state index in [9.17, 15) is 0 Å². The lowest BCUT2D eigenvalue weighted by molar-refractivity contribution is 0.417. The van der Waals surface area contributed by atoms with Crippen LogP contribution in [0.3, 0.4) is 0 Å². The molecule has 1 aromatic carbocycles. The lowest BCUT2D eigenvalue weighted by Crippen LogP contribution is -2.11. The SMILES string of the molecule is COc1cc2ncnc(N(C)C)c2cc1N. The molecule has 0 aliphatic heterocycles. The van der Waals surface area contributed by atoms with Crippen LogP contribution in [0.2, 0.25) is 0 Å². The monoisotopic (exact) mass is 218 g/mol. The number of fused-ring (bicyclic) bond motifs is 1. The molecule has 0 spiro atoms. The zero-order chi connectivity index (χ0) is 11.7. The van der Waals surface area contributed by atoms with E-state index in [0.717, 1.165) is 16.7 Å². The second kappa shape index (κ2) is 3.84. The van der Waals surface area contributed by atoms with Gasteiger partial charge in [-0.25, -0.2) is 9.97 Å². The molecule has 0 aliphatic rings. The third-order valence-electron chi connectivity index (χ3n) is 2.39. The molecule has 0 fully saturated rings. The summed E-state index contributed by atoms with van der Waals surface area (Å²) in [5.41, 5.74) is 7.28. The first kappa shape index (κ1) is 10.5. The van der Waals surface area contributed by atoms with E-state index in [-0.39, 0.29) is 0 Å². The normalized spacial score (nSPS) is 10.4. The number of methoxy groups -OCH3 is 1. The Kier molecular flexibility index (Phi) is 2.52. The fourth-order valence-electron chi connectivity index (χ4n) is 1.62. The lowest BCUT2D eigenvalue weighted by Gasteiger charge is -2.14. The predicted octanol–water partition coefficient (Wildman–Crippen LogP) is 1.29. The summed E-state index contributed by atoms with van der Waals surface area (Å²) in [4.78, 5) is 10.3. The molecular formula is C11H14N4O. The highest BCUT2D eigenvalue weighted by Crippen LogP contribution is 2.30. The number of hydrogen-bond acceptors (Lipinski definition) is 5. The van der Waals surface area contributed by atoms with Crippen molar-refractivity contribution >= 4 is 22.4 Å². The summed E-state index contributed by atoms with van der Waals surface area (Å²) >= 11 is 0. The molecule has 0 bridgehead atoms.